The van der Waals surface area contributed by atoms with E-state index in [2.05, 4.69) is 0 Å². The Morgan fingerprint density at radius 2 is 1.19 bits per heavy atom. The van der Waals surface area contributed by atoms with Gasteiger partial charge in [0.25, 0.3) is 0 Å². The first-order chi connectivity index (χ1) is 7.79. The first-order valence-corrected chi connectivity index (χ1v) is 6.27. The zero-order chi connectivity index (χ0) is 11.1. The summed E-state index contributed by atoms with van der Waals surface area (Å²) in [6, 6.07) is 14.9. The average molecular weight is 235 g/mol. The SMILES string of the molecule is FC(F)[s+]1c2ccccc2c2ccccc21. The maximum atomic E-state index is 13.1. The largest absolute Gasteiger partial charge is 0.422 e. The Bertz CT molecular complexity index is 602. The van der Waals surface area contributed by atoms with E-state index in [-0.39, 0.29) is 0 Å². The Hall–Kier alpha value is -1.48. The summed E-state index contributed by atoms with van der Waals surface area (Å²) >= 11 is 0. The number of fused-ring (bicyclic) bond motifs is 3. The highest BCUT2D eigenvalue weighted by atomic mass is 32.2. The molecule has 3 rings (SSSR count). The van der Waals surface area contributed by atoms with Crippen LogP contribution in [0.15, 0.2) is 48.5 Å². The van der Waals surface area contributed by atoms with Crippen molar-refractivity contribution in [3.63, 3.8) is 0 Å². The van der Waals surface area contributed by atoms with E-state index in [1.807, 2.05) is 48.5 Å². The van der Waals surface area contributed by atoms with Crippen molar-refractivity contribution in [2.75, 3.05) is 0 Å². The molecule has 0 unspecified atom stereocenters. The van der Waals surface area contributed by atoms with Gasteiger partial charge in [0.1, 0.15) is 0 Å². The summed E-state index contributed by atoms with van der Waals surface area (Å²) in [5, 5.41) is 1.92. The zero-order valence-corrected chi connectivity index (χ0v) is 9.18. The number of benzene rings is 2. The molecule has 0 saturated heterocycles. The maximum Gasteiger partial charge on any atom is 0.422 e. The first kappa shape index (κ1) is 9.73. The highest BCUT2D eigenvalue weighted by molar-refractivity contribution is 7.43. The molecule has 0 spiro atoms. The molecule has 0 N–H and O–H groups in total. The number of alkyl halides is 2. The lowest BCUT2D eigenvalue weighted by molar-refractivity contribution is 0.206. The average Bonchev–Trinajstić information content (AvgIpc) is 2.63. The van der Waals surface area contributed by atoms with Crippen LogP contribution in [0, 0.1) is 0 Å². The minimum Gasteiger partial charge on any atom is -0.152 e. The van der Waals surface area contributed by atoms with E-state index in [0.29, 0.717) is 0 Å². The van der Waals surface area contributed by atoms with E-state index in [9.17, 15) is 8.78 Å². The number of rotatable bonds is 1. The molecule has 0 aliphatic carbocycles. The first-order valence-electron chi connectivity index (χ1n) is 4.99. The Morgan fingerprint density at radius 3 is 1.62 bits per heavy atom. The van der Waals surface area contributed by atoms with Crippen LogP contribution in [0.1, 0.15) is 5.76 Å². The fraction of sp³-hybridized carbons (Fsp3) is 0.0769. The zero-order valence-electron chi connectivity index (χ0n) is 8.36. The van der Waals surface area contributed by atoms with E-state index < -0.39 is 16.2 Å². The fourth-order valence-corrected chi connectivity index (χ4v) is 3.97. The van der Waals surface area contributed by atoms with Crippen molar-refractivity contribution in [3.05, 3.63) is 48.5 Å². The molecule has 0 atom stereocenters. The Morgan fingerprint density at radius 1 is 0.750 bits per heavy atom. The van der Waals surface area contributed by atoms with Crippen LogP contribution in [0.4, 0.5) is 8.78 Å². The van der Waals surface area contributed by atoms with Crippen molar-refractivity contribution in [2.45, 2.75) is 5.76 Å². The molecule has 1 aromatic heterocycles. The molecule has 0 saturated carbocycles. The van der Waals surface area contributed by atoms with Gasteiger partial charge in [-0.25, -0.2) is 0 Å². The van der Waals surface area contributed by atoms with E-state index in [4.69, 9.17) is 0 Å². The van der Waals surface area contributed by atoms with Gasteiger partial charge in [-0.2, -0.15) is 8.78 Å². The van der Waals surface area contributed by atoms with Gasteiger partial charge in [-0.3, -0.25) is 0 Å². The van der Waals surface area contributed by atoms with Crippen LogP contribution in [0.3, 0.4) is 0 Å². The summed E-state index contributed by atoms with van der Waals surface area (Å²) in [5.41, 5.74) is 0. The molecule has 16 heavy (non-hydrogen) atoms. The molecule has 0 aliphatic rings. The normalized spacial score (nSPS) is 11.7. The van der Waals surface area contributed by atoms with E-state index in [1.54, 1.807) is 0 Å². The van der Waals surface area contributed by atoms with Crippen molar-refractivity contribution in [3.8, 4) is 0 Å². The van der Waals surface area contributed by atoms with E-state index >= 15 is 0 Å². The monoisotopic (exact) mass is 235 g/mol. The summed E-state index contributed by atoms with van der Waals surface area (Å²) in [6.07, 6.45) is 0. The van der Waals surface area contributed by atoms with Crippen molar-refractivity contribution in [2.24, 2.45) is 0 Å². The maximum absolute atomic E-state index is 13.1. The van der Waals surface area contributed by atoms with Crippen LogP contribution in [-0.2, 0) is 0 Å². The summed E-state index contributed by atoms with van der Waals surface area (Å²) in [4.78, 5) is 0. The number of halogens is 2. The molecule has 80 valence electrons. The predicted molar refractivity (Wildman–Crippen MR) is 65.2 cm³/mol. The Kier molecular flexibility index (Phi) is 2.14. The minimum atomic E-state index is -2.32. The van der Waals surface area contributed by atoms with Gasteiger partial charge in [0.05, 0.1) is 10.5 Å². The second-order valence-electron chi connectivity index (χ2n) is 3.59. The summed E-state index contributed by atoms with van der Waals surface area (Å²) in [6.45, 7) is 0. The third-order valence-corrected chi connectivity index (χ3v) is 4.73. The molecule has 1 heterocycles. The molecule has 0 bridgehead atoms. The molecule has 0 radical (unpaired) electrons. The number of thiophene rings is 1. The van der Waals surface area contributed by atoms with Crippen LogP contribution in [0.2, 0.25) is 0 Å². The summed E-state index contributed by atoms with van der Waals surface area (Å²) < 4.78 is 27.8. The third-order valence-electron chi connectivity index (χ3n) is 2.72. The summed E-state index contributed by atoms with van der Waals surface area (Å²) in [7, 11) is -1.06. The molecular formula is C13H9F2S+. The van der Waals surface area contributed by atoms with Crippen LogP contribution in [0.5, 0.6) is 0 Å². The van der Waals surface area contributed by atoms with Gasteiger partial charge in [0, 0.05) is 10.8 Å². The topological polar surface area (TPSA) is 0 Å². The van der Waals surface area contributed by atoms with Gasteiger partial charge in [-0.15, -0.1) is 0 Å². The van der Waals surface area contributed by atoms with Crippen LogP contribution >= 0.6 is 10.5 Å². The third kappa shape index (κ3) is 1.25. The smallest absolute Gasteiger partial charge is 0.152 e. The van der Waals surface area contributed by atoms with Crippen molar-refractivity contribution < 1.29 is 8.78 Å². The highest BCUT2D eigenvalue weighted by Crippen LogP contribution is 2.49. The quantitative estimate of drug-likeness (QED) is 0.512. The molecule has 3 aromatic rings. The van der Waals surface area contributed by atoms with Gasteiger partial charge in [0.2, 0.25) is 0 Å². The van der Waals surface area contributed by atoms with E-state index in [0.717, 1.165) is 20.2 Å². The molecule has 0 fully saturated rings. The van der Waals surface area contributed by atoms with Crippen LogP contribution < -0.4 is 0 Å². The number of hydrogen-bond acceptors (Lipinski definition) is 0. The molecule has 0 aliphatic heterocycles. The molecule has 0 amide bonds. The second kappa shape index (κ2) is 3.52. The van der Waals surface area contributed by atoms with E-state index in [1.165, 1.54) is 0 Å². The lowest BCUT2D eigenvalue weighted by Crippen LogP contribution is -1.69. The summed E-state index contributed by atoms with van der Waals surface area (Å²) in [5.74, 6) is -2.32. The van der Waals surface area contributed by atoms with Crippen molar-refractivity contribution >= 4 is 30.6 Å². The van der Waals surface area contributed by atoms with Gasteiger partial charge < -0.3 is 0 Å². The van der Waals surface area contributed by atoms with Crippen molar-refractivity contribution in [1.29, 1.82) is 0 Å². The fourth-order valence-electron chi connectivity index (χ4n) is 2.07. The van der Waals surface area contributed by atoms with Gasteiger partial charge in [-0.1, -0.05) is 24.3 Å². The van der Waals surface area contributed by atoms with Crippen LogP contribution in [0.25, 0.3) is 20.2 Å². The standard InChI is InChI=1S/C13H9F2S/c14-13(15)16-11-7-3-1-5-9(11)10-6-2-4-8-12(10)16/h1-8,13H/q+1. The molecule has 0 nitrogen and oxygen atoms in total. The molecule has 3 heteroatoms. The molecule has 2 aromatic carbocycles. The van der Waals surface area contributed by atoms with Gasteiger partial charge in [-0.05, 0) is 24.3 Å². The van der Waals surface area contributed by atoms with Crippen molar-refractivity contribution in [1.82, 2.24) is 0 Å². The highest BCUT2D eigenvalue weighted by Gasteiger charge is 2.28. The second-order valence-corrected chi connectivity index (χ2v) is 5.50. The van der Waals surface area contributed by atoms with Crippen LogP contribution in [-0.4, -0.2) is 0 Å². The minimum absolute atomic E-state index is 0.777. The van der Waals surface area contributed by atoms with Gasteiger partial charge >= 0.3 is 5.76 Å². The number of hydrogen-bond donors (Lipinski definition) is 0. The lowest BCUT2D eigenvalue weighted by atomic mass is 10.2. The lowest BCUT2D eigenvalue weighted by Gasteiger charge is -1.88. The Balaban J connectivity index is 2.59. The van der Waals surface area contributed by atoms with Gasteiger partial charge in [0.15, 0.2) is 9.40 Å². The molecular weight excluding hydrogens is 226 g/mol. The predicted octanol–water partition coefficient (Wildman–Crippen LogP) is 5.14. The Labute approximate surface area is 94.1 Å².